The number of benzene rings is 1. The molecule has 1 aromatic heterocycles. The summed E-state index contributed by atoms with van der Waals surface area (Å²) in [7, 11) is 0. The zero-order valence-electron chi connectivity index (χ0n) is 9.07. The summed E-state index contributed by atoms with van der Waals surface area (Å²) in [6.45, 7) is 4.69. The van der Waals surface area contributed by atoms with Crippen molar-refractivity contribution in [1.82, 2.24) is 9.55 Å². The van der Waals surface area contributed by atoms with Gasteiger partial charge in [-0.05, 0) is 32.0 Å². The number of fused-ring (bicyclic) bond motifs is 1. The summed E-state index contributed by atoms with van der Waals surface area (Å²) in [4.78, 5) is 4.47. The Hall–Kier alpha value is -1.55. The van der Waals surface area contributed by atoms with Crippen LogP contribution in [0.1, 0.15) is 25.7 Å². The molecule has 0 amide bonds. The van der Waals surface area contributed by atoms with Crippen LogP contribution < -0.4 is 11.5 Å². The van der Waals surface area contributed by atoms with Crippen molar-refractivity contribution in [1.29, 1.82) is 0 Å². The van der Waals surface area contributed by atoms with E-state index in [9.17, 15) is 0 Å². The Bertz CT molecular complexity index is 485. The van der Waals surface area contributed by atoms with Crippen LogP contribution >= 0.6 is 0 Å². The normalized spacial score (nSPS) is 11.5. The molecule has 0 aliphatic heterocycles. The molecule has 0 aliphatic carbocycles. The molecule has 0 fully saturated rings. The van der Waals surface area contributed by atoms with E-state index in [-0.39, 0.29) is 0 Å². The molecule has 4 nitrogen and oxygen atoms in total. The Labute approximate surface area is 88.9 Å². The van der Waals surface area contributed by atoms with Gasteiger partial charge in [0, 0.05) is 11.7 Å². The fourth-order valence-electron chi connectivity index (χ4n) is 1.89. The fraction of sp³-hybridized carbons (Fsp3) is 0.364. The van der Waals surface area contributed by atoms with Crippen molar-refractivity contribution in [2.45, 2.75) is 26.4 Å². The Morgan fingerprint density at radius 1 is 1.40 bits per heavy atom. The SMILES string of the molecule is CC(C)n1c(CN)nc2cc(N)ccc21. The van der Waals surface area contributed by atoms with Crippen LogP contribution in [0.25, 0.3) is 11.0 Å². The van der Waals surface area contributed by atoms with Gasteiger partial charge >= 0.3 is 0 Å². The third-order valence-corrected chi connectivity index (χ3v) is 2.49. The standard InChI is InChI=1S/C11H16N4/c1-7(2)15-10-4-3-8(13)5-9(10)14-11(15)6-12/h3-5,7H,6,12-13H2,1-2H3. The minimum absolute atomic E-state index is 0.358. The second-order valence-corrected chi connectivity index (χ2v) is 3.94. The van der Waals surface area contributed by atoms with Gasteiger partial charge in [-0.15, -0.1) is 0 Å². The van der Waals surface area contributed by atoms with E-state index in [0.717, 1.165) is 22.5 Å². The van der Waals surface area contributed by atoms with Crippen LogP contribution in [0.5, 0.6) is 0 Å². The lowest BCUT2D eigenvalue weighted by Gasteiger charge is -2.11. The van der Waals surface area contributed by atoms with E-state index in [1.54, 1.807) is 0 Å². The van der Waals surface area contributed by atoms with E-state index >= 15 is 0 Å². The molecule has 1 aromatic carbocycles. The summed E-state index contributed by atoms with van der Waals surface area (Å²) >= 11 is 0. The fourth-order valence-corrected chi connectivity index (χ4v) is 1.89. The summed E-state index contributed by atoms with van der Waals surface area (Å²) in [5.41, 5.74) is 14.1. The number of imidazole rings is 1. The van der Waals surface area contributed by atoms with Crippen LogP contribution in [0, 0.1) is 0 Å². The predicted molar refractivity (Wildman–Crippen MR) is 62.4 cm³/mol. The minimum Gasteiger partial charge on any atom is -0.399 e. The van der Waals surface area contributed by atoms with Crippen LogP contribution in [0.2, 0.25) is 0 Å². The number of nitrogen functional groups attached to an aromatic ring is 1. The van der Waals surface area contributed by atoms with Crippen LogP contribution in [0.15, 0.2) is 18.2 Å². The lowest BCUT2D eigenvalue weighted by molar-refractivity contribution is 0.585. The van der Waals surface area contributed by atoms with Crippen LogP contribution in [-0.4, -0.2) is 9.55 Å². The lowest BCUT2D eigenvalue weighted by atomic mass is 10.2. The molecule has 0 atom stereocenters. The second-order valence-electron chi connectivity index (χ2n) is 3.94. The highest BCUT2D eigenvalue weighted by Crippen LogP contribution is 2.22. The third kappa shape index (κ3) is 1.57. The highest BCUT2D eigenvalue weighted by atomic mass is 15.1. The van der Waals surface area contributed by atoms with E-state index in [2.05, 4.69) is 23.4 Å². The number of rotatable bonds is 2. The number of hydrogen-bond acceptors (Lipinski definition) is 3. The van der Waals surface area contributed by atoms with Gasteiger partial charge in [-0.2, -0.15) is 0 Å². The molecular weight excluding hydrogens is 188 g/mol. The summed E-state index contributed by atoms with van der Waals surface area (Å²) in [5.74, 6) is 0.908. The summed E-state index contributed by atoms with van der Waals surface area (Å²) in [5, 5.41) is 0. The Kier molecular flexibility index (Phi) is 2.36. The number of nitrogens with zero attached hydrogens (tertiary/aromatic N) is 2. The molecule has 2 aromatic rings. The first-order chi connectivity index (χ1) is 7.13. The topological polar surface area (TPSA) is 69.9 Å². The van der Waals surface area contributed by atoms with Gasteiger partial charge in [-0.25, -0.2) is 4.98 Å². The van der Waals surface area contributed by atoms with Crippen molar-refractivity contribution < 1.29 is 0 Å². The van der Waals surface area contributed by atoms with Crippen LogP contribution in [-0.2, 0) is 6.54 Å². The predicted octanol–water partition coefficient (Wildman–Crippen LogP) is 1.66. The largest absolute Gasteiger partial charge is 0.399 e. The number of hydrogen-bond donors (Lipinski definition) is 2. The number of nitrogens with two attached hydrogens (primary N) is 2. The van der Waals surface area contributed by atoms with Crippen molar-refractivity contribution in [3.63, 3.8) is 0 Å². The van der Waals surface area contributed by atoms with Crippen LogP contribution in [0.3, 0.4) is 0 Å². The van der Waals surface area contributed by atoms with Gasteiger partial charge in [0.25, 0.3) is 0 Å². The lowest BCUT2D eigenvalue weighted by Crippen LogP contribution is -2.10. The molecule has 1 heterocycles. The highest BCUT2D eigenvalue weighted by molar-refractivity contribution is 5.79. The van der Waals surface area contributed by atoms with E-state index in [1.807, 2.05) is 18.2 Å². The van der Waals surface area contributed by atoms with Crippen molar-refractivity contribution in [3.8, 4) is 0 Å². The van der Waals surface area contributed by atoms with E-state index in [1.165, 1.54) is 0 Å². The first-order valence-electron chi connectivity index (χ1n) is 5.10. The average Bonchev–Trinajstić information content (AvgIpc) is 2.54. The molecule has 0 saturated carbocycles. The van der Waals surface area contributed by atoms with Gasteiger partial charge in [0.15, 0.2) is 0 Å². The Morgan fingerprint density at radius 2 is 2.13 bits per heavy atom. The van der Waals surface area contributed by atoms with Crippen molar-refractivity contribution in [3.05, 3.63) is 24.0 Å². The molecule has 0 spiro atoms. The minimum atomic E-state index is 0.358. The zero-order chi connectivity index (χ0) is 11.0. The maximum absolute atomic E-state index is 5.72. The van der Waals surface area contributed by atoms with E-state index in [0.29, 0.717) is 12.6 Å². The first kappa shape index (κ1) is 9.98. The third-order valence-electron chi connectivity index (χ3n) is 2.49. The molecule has 0 radical (unpaired) electrons. The molecule has 2 rings (SSSR count). The molecule has 0 unspecified atom stereocenters. The molecule has 4 N–H and O–H groups in total. The van der Waals surface area contributed by atoms with Gasteiger partial charge in [-0.1, -0.05) is 0 Å². The maximum Gasteiger partial charge on any atom is 0.123 e. The van der Waals surface area contributed by atoms with Gasteiger partial charge in [0.1, 0.15) is 5.82 Å². The number of anilines is 1. The average molecular weight is 204 g/mol. The number of aromatic nitrogens is 2. The second kappa shape index (κ2) is 3.55. The van der Waals surface area contributed by atoms with Gasteiger partial charge in [-0.3, -0.25) is 0 Å². The van der Waals surface area contributed by atoms with Gasteiger partial charge in [0.2, 0.25) is 0 Å². The van der Waals surface area contributed by atoms with E-state index < -0.39 is 0 Å². The maximum atomic E-state index is 5.72. The molecule has 0 aliphatic rings. The summed E-state index contributed by atoms with van der Waals surface area (Å²) in [6.07, 6.45) is 0. The quantitative estimate of drug-likeness (QED) is 0.731. The smallest absolute Gasteiger partial charge is 0.123 e. The van der Waals surface area contributed by atoms with Gasteiger partial charge in [0.05, 0.1) is 17.6 Å². The van der Waals surface area contributed by atoms with Crippen LogP contribution in [0.4, 0.5) is 5.69 Å². The summed E-state index contributed by atoms with van der Waals surface area (Å²) < 4.78 is 2.15. The summed E-state index contributed by atoms with van der Waals surface area (Å²) in [6, 6.07) is 6.13. The Morgan fingerprint density at radius 3 is 2.73 bits per heavy atom. The molecule has 15 heavy (non-hydrogen) atoms. The highest BCUT2D eigenvalue weighted by Gasteiger charge is 2.11. The molecule has 0 saturated heterocycles. The van der Waals surface area contributed by atoms with Crippen molar-refractivity contribution in [2.24, 2.45) is 5.73 Å². The molecule has 0 bridgehead atoms. The first-order valence-corrected chi connectivity index (χ1v) is 5.10. The van der Waals surface area contributed by atoms with E-state index in [4.69, 9.17) is 11.5 Å². The molecule has 4 heteroatoms. The van der Waals surface area contributed by atoms with Gasteiger partial charge < -0.3 is 16.0 Å². The monoisotopic (exact) mass is 204 g/mol. The van der Waals surface area contributed by atoms with Crippen molar-refractivity contribution >= 4 is 16.7 Å². The molecular formula is C11H16N4. The Balaban J connectivity index is 2.74. The molecule has 80 valence electrons. The zero-order valence-corrected chi connectivity index (χ0v) is 9.07. The van der Waals surface area contributed by atoms with Crippen molar-refractivity contribution in [2.75, 3.05) is 5.73 Å².